The zero-order valence-electron chi connectivity index (χ0n) is 13.7. The molecule has 0 bridgehead atoms. The zero-order valence-corrected chi connectivity index (χ0v) is 14.5. The molecule has 0 aromatic heterocycles. The lowest BCUT2D eigenvalue weighted by molar-refractivity contribution is -0.132. The van der Waals surface area contributed by atoms with Crippen LogP contribution >= 0.6 is 0 Å². The first kappa shape index (κ1) is 17.0. The van der Waals surface area contributed by atoms with E-state index in [1.165, 1.54) is 4.31 Å². The predicted molar refractivity (Wildman–Crippen MR) is 93.2 cm³/mol. The first-order chi connectivity index (χ1) is 11.5. The van der Waals surface area contributed by atoms with Crippen molar-refractivity contribution in [1.29, 1.82) is 0 Å². The van der Waals surface area contributed by atoms with Gasteiger partial charge in [0, 0.05) is 25.7 Å². The average molecular weight is 350 g/mol. The number of carbonyl (C=O) groups is 1. The monoisotopic (exact) mass is 350 g/mol. The number of hydrogen-bond acceptors (Lipinski definition) is 4. The molecule has 1 atom stereocenters. The van der Waals surface area contributed by atoms with Crippen molar-refractivity contribution in [2.75, 3.05) is 36.3 Å². The average Bonchev–Trinajstić information content (AvgIpc) is 2.92. The molecular weight excluding hydrogens is 328 g/mol. The third-order valence-corrected chi connectivity index (χ3v) is 6.12. The smallest absolute Gasteiger partial charge is 0.246 e. The molecule has 0 N–H and O–H groups in total. The van der Waals surface area contributed by atoms with Crippen LogP contribution in [-0.4, -0.2) is 57.3 Å². The molecule has 0 spiro atoms. The molecule has 1 amide bonds. The van der Waals surface area contributed by atoms with Crippen LogP contribution in [0.5, 0.6) is 0 Å². The summed E-state index contributed by atoms with van der Waals surface area (Å²) < 4.78 is 30.7. The Morgan fingerprint density at radius 3 is 2.62 bits per heavy atom. The summed E-state index contributed by atoms with van der Waals surface area (Å²) in [6, 6.07) is 7.22. The van der Waals surface area contributed by atoms with Gasteiger partial charge < -0.3 is 9.64 Å². The number of anilines is 1. The summed E-state index contributed by atoms with van der Waals surface area (Å²) in [7, 11) is -3.16. The van der Waals surface area contributed by atoms with Gasteiger partial charge in [0.05, 0.1) is 24.2 Å². The van der Waals surface area contributed by atoms with E-state index in [1.54, 1.807) is 29.2 Å². The van der Waals surface area contributed by atoms with E-state index in [0.29, 0.717) is 38.3 Å². The van der Waals surface area contributed by atoms with E-state index in [2.05, 4.69) is 0 Å². The lowest BCUT2D eigenvalue weighted by atomic mass is 10.2. The van der Waals surface area contributed by atoms with Gasteiger partial charge in [0.1, 0.15) is 0 Å². The largest absolute Gasteiger partial charge is 0.375 e. The molecule has 24 heavy (non-hydrogen) atoms. The summed E-state index contributed by atoms with van der Waals surface area (Å²) >= 11 is 0. The number of carbonyl (C=O) groups excluding carboxylic acids is 1. The van der Waals surface area contributed by atoms with Gasteiger partial charge in [0.15, 0.2) is 0 Å². The fourth-order valence-corrected chi connectivity index (χ4v) is 4.54. The molecule has 6 nitrogen and oxygen atoms in total. The van der Waals surface area contributed by atoms with Crippen LogP contribution in [0.4, 0.5) is 5.69 Å². The van der Waals surface area contributed by atoms with Crippen LogP contribution in [0.2, 0.25) is 0 Å². The van der Waals surface area contributed by atoms with Gasteiger partial charge in [0.2, 0.25) is 15.9 Å². The second-order valence-corrected chi connectivity index (χ2v) is 8.15. The van der Waals surface area contributed by atoms with Gasteiger partial charge in [-0.3, -0.25) is 9.10 Å². The van der Waals surface area contributed by atoms with Crippen molar-refractivity contribution < 1.29 is 17.9 Å². The molecule has 2 heterocycles. The first-order valence-electron chi connectivity index (χ1n) is 8.15. The highest BCUT2D eigenvalue weighted by molar-refractivity contribution is 7.93. The van der Waals surface area contributed by atoms with Gasteiger partial charge in [-0.2, -0.15) is 0 Å². The van der Waals surface area contributed by atoms with E-state index in [9.17, 15) is 13.2 Å². The lowest BCUT2D eigenvalue weighted by Crippen LogP contribution is -2.43. The number of benzene rings is 1. The molecule has 2 aliphatic rings. The predicted octanol–water partition coefficient (Wildman–Crippen LogP) is 1.49. The summed E-state index contributed by atoms with van der Waals surface area (Å²) in [6.45, 7) is 4.27. The van der Waals surface area contributed by atoms with Crippen molar-refractivity contribution >= 4 is 27.7 Å². The minimum absolute atomic E-state index is 0.0312. The van der Waals surface area contributed by atoms with Gasteiger partial charge in [-0.05, 0) is 37.1 Å². The Kier molecular flexibility index (Phi) is 4.91. The quantitative estimate of drug-likeness (QED) is 0.775. The highest BCUT2D eigenvalue weighted by atomic mass is 32.2. The highest BCUT2D eigenvalue weighted by Gasteiger charge is 2.28. The molecule has 2 aliphatic heterocycles. The Morgan fingerprint density at radius 2 is 2.00 bits per heavy atom. The minimum Gasteiger partial charge on any atom is -0.375 e. The molecule has 130 valence electrons. The number of nitrogens with zero attached hydrogens (tertiary/aromatic N) is 2. The van der Waals surface area contributed by atoms with Crippen molar-refractivity contribution in [3.05, 3.63) is 35.9 Å². The second-order valence-electron chi connectivity index (χ2n) is 6.13. The molecule has 0 aliphatic carbocycles. The SMILES string of the molecule is CC1CN(C(=O)/C=C/c2ccc(N3CCCS3(=O)=O)cc2)CCO1. The Bertz CT molecular complexity index is 727. The standard InChI is InChI=1S/C17H22N2O4S/c1-14-13-18(10-11-23-14)17(20)8-5-15-3-6-16(7-4-15)19-9-2-12-24(19,21)22/h3-8,14H,2,9-13H2,1H3/b8-5+. The van der Waals surface area contributed by atoms with E-state index in [1.807, 2.05) is 19.1 Å². The Balaban J connectivity index is 1.64. The fourth-order valence-electron chi connectivity index (χ4n) is 2.97. The van der Waals surface area contributed by atoms with Crippen LogP contribution in [0.15, 0.2) is 30.3 Å². The summed E-state index contributed by atoms with van der Waals surface area (Å²) in [5.41, 5.74) is 1.54. The van der Waals surface area contributed by atoms with Crippen LogP contribution in [0.3, 0.4) is 0 Å². The van der Waals surface area contributed by atoms with Crippen molar-refractivity contribution in [1.82, 2.24) is 4.90 Å². The van der Waals surface area contributed by atoms with Crippen LogP contribution < -0.4 is 4.31 Å². The molecule has 7 heteroatoms. The van der Waals surface area contributed by atoms with Crippen LogP contribution in [0.1, 0.15) is 18.9 Å². The number of sulfonamides is 1. The number of amides is 1. The van der Waals surface area contributed by atoms with E-state index in [0.717, 1.165) is 5.56 Å². The molecule has 1 aromatic carbocycles. The lowest BCUT2D eigenvalue weighted by Gasteiger charge is -2.30. The van der Waals surface area contributed by atoms with E-state index in [4.69, 9.17) is 4.74 Å². The number of hydrogen-bond donors (Lipinski definition) is 0. The van der Waals surface area contributed by atoms with Crippen molar-refractivity contribution in [3.8, 4) is 0 Å². The maximum absolute atomic E-state index is 12.2. The molecule has 1 unspecified atom stereocenters. The van der Waals surface area contributed by atoms with Gasteiger partial charge in [-0.25, -0.2) is 8.42 Å². The van der Waals surface area contributed by atoms with Gasteiger partial charge >= 0.3 is 0 Å². The third-order valence-electron chi connectivity index (χ3n) is 4.25. The molecule has 3 rings (SSSR count). The van der Waals surface area contributed by atoms with Gasteiger partial charge in [-0.1, -0.05) is 12.1 Å². The minimum atomic E-state index is -3.16. The van der Waals surface area contributed by atoms with Crippen molar-refractivity contribution in [2.45, 2.75) is 19.4 Å². The molecule has 2 fully saturated rings. The third kappa shape index (κ3) is 3.79. The maximum Gasteiger partial charge on any atom is 0.246 e. The second kappa shape index (κ2) is 6.94. The summed E-state index contributed by atoms with van der Waals surface area (Å²) in [4.78, 5) is 13.9. The van der Waals surface area contributed by atoms with E-state index < -0.39 is 10.0 Å². The topological polar surface area (TPSA) is 66.9 Å². The van der Waals surface area contributed by atoms with Crippen LogP contribution in [0.25, 0.3) is 6.08 Å². The fraction of sp³-hybridized carbons (Fsp3) is 0.471. The van der Waals surface area contributed by atoms with Gasteiger partial charge in [0.25, 0.3) is 0 Å². The van der Waals surface area contributed by atoms with Crippen molar-refractivity contribution in [2.24, 2.45) is 0 Å². The van der Waals surface area contributed by atoms with Crippen LogP contribution in [0, 0.1) is 0 Å². The van der Waals surface area contributed by atoms with Gasteiger partial charge in [-0.15, -0.1) is 0 Å². The highest BCUT2D eigenvalue weighted by Crippen LogP contribution is 2.24. The molecular formula is C17H22N2O4S. The van der Waals surface area contributed by atoms with Crippen LogP contribution in [-0.2, 0) is 19.6 Å². The van der Waals surface area contributed by atoms with E-state index >= 15 is 0 Å². The number of ether oxygens (including phenoxy) is 1. The Morgan fingerprint density at radius 1 is 1.25 bits per heavy atom. The summed E-state index contributed by atoms with van der Waals surface area (Å²) in [6.07, 6.45) is 4.04. The molecule has 1 aromatic rings. The molecule has 0 radical (unpaired) electrons. The zero-order chi connectivity index (χ0) is 17.2. The first-order valence-corrected chi connectivity index (χ1v) is 9.76. The maximum atomic E-state index is 12.2. The summed E-state index contributed by atoms with van der Waals surface area (Å²) in [5.74, 6) is 0.178. The Hall–Kier alpha value is -1.86. The molecule has 0 saturated carbocycles. The molecule has 2 saturated heterocycles. The normalized spacial score (nSPS) is 23.8. The summed E-state index contributed by atoms with van der Waals surface area (Å²) in [5, 5.41) is 0. The van der Waals surface area contributed by atoms with Crippen molar-refractivity contribution in [3.63, 3.8) is 0 Å². The van der Waals surface area contributed by atoms with E-state index in [-0.39, 0.29) is 17.8 Å². The number of morpholine rings is 1. The number of rotatable bonds is 3. The Labute approximate surface area is 142 Å².